The number of benzene rings is 1. The van der Waals surface area contributed by atoms with E-state index in [1.165, 1.54) is 32.0 Å². The second-order valence-corrected chi connectivity index (χ2v) is 7.55. The van der Waals surface area contributed by atoms with E-state index >= 15 is 0 Å². The minimum atomic E-state index is -3.60. The Bertz CT molecular complexity index is 849. The van der Waals surface area contributed by atoms with Crippen LogP contribution >= 0.6 is 0 Å². The van der Waals surface area contributed by atoms with E-state index in [9.17, 15) is 8.78 Å². The molecular formula is C20H21F2N3O2. The average molecular weight is 373 g/mol. The Morgan fingerprint density at radius 1 is 1.07 bits per heavy atom. The number of nitrogens with zero attached hydrogens (tertiary/aromatic N) is 2. The summed E-state index contributed by atoms with van der Waals surface area (Å²) in [5.74, 6) is 1.63. The Hall–Kier alpha value is -2.41. The van der Waals surface area contributed by atoms with Crippen molar-refractivity contribution < 1.29 is 18.3 Å². The van der Waals surface area contributed by atoms with Crippen LogP contribution in [-0.4, -0.2) is 41.4 Å². The standard InChI is InChI=1S/C20H21F2N3O2/c1-12-19(13-6-8-25(12)9-7-13)24-18-5-3-15(11-23-18)14-2-4-16-17(10-14)27-20(21,22)26-16/h2-5,10-13,19H,6-9H2,1H3,(H,23,24)/t12-,19-/m1/s1. The molecule has 0 aliphatic carbocycles. The summed E-state index contributed by atoms with van der Waals surface area (Å²) in [5, 5.41) is 3.60. The van der Waals surface area contributed by atoms with Crippen molar-refractivity contribution in [1.82, 2.24) is 9.88 Å². The van der Waals surface area contributed by atoms with E-state index in [0.29, 0.717) is 18.0 Å². The number of rotatable bonds is 3. The average Bonchev–Trinajstić information content (AvgIpc) is 2.98. The van der Waals surface area contributed by atoms with E-state index < -0.39 is 6.29 Å². The predicted molar refractivity (Wildman–Crippen MR) is 97.0 cm³/mol. The van der Waals surface area contributed by atoms with Gasteiger partial charge in [0.15, 0.2) is 11.5 Å². The van der Waals surface area contributed by atoms with Crippen LogP contribution in [0.2, 0.25) is 0 Å². The lowest BCUT2D eigenvalue weighted by molar-refractivity contribution is -0.286. The van der Waals surface area contributed by atoms with Gasteiger partial charge in [-0.3, -0.25) is 4.90 Å². The molecule has 0 unspecified atom stereocenters. The van der Waals surface area contributed by atoms with Crippen molar-refractivity contribution in [1.29, 1.82) is 0 Å². The number of anilines is 1. The van der Waals surface area contributed by atoms with E-state index in [0.717, 1.165) is 16.9 Å². The van der Waals surface area contributed by atoms with Crippen LogP contribution in [0.4, 0.5) is 14.6 Å². The summed E-state index contributed by atoms with van der Waals surface area (Å²) in [6, 6.07) is 9.58. The van der Waals surface area contributed by atoms with Gasteiger partial charge in [0, 0.05) is 23.8 Å². The first kappa shape index (κ1) is 16.7. The van der Waals surface area contributed by atoms with Gasteiger partial charge < -0.3 is 14.8 Å². The summed E-state index contributed by atoms with van der Waals surface area (Å²) >= 11 is 0. The maximum atomic E-state index is 13.2. The molecule has 2 bridgehead atoms. The van der Waals surface area contributed by atoms with E-state index in [2.05, 4.69) is 31.6 Å². The van der Waals surface area contributed by atoms with Crippen molar-refractivity contribution in [2.75, 3.05) is 18.4 Å². The van der Waals surface area contributed by atoms with Crippen LogP contribution < -0.4 is 14.8 Å². The summed E-state index contributed by atoms with van der Waals surface area (Å²) in [6.45, 7) is 4.67. The van der Waals surface area contributed by atoms with E-state index in [1.54, 1.807) is 18.3 Å². The monoisotopic (exact) mass is 373 g/mol. The van der Waals surface area contributed by atoms with Gasteiger partial charge in [-0.1, -0.05) is 6.07 Å². The predicted octanol–water partition coefficient (Wildman–Crippen LogP) is 3.96. The van der Waals surface area contributed by atoms with E-state index in [-0.39, 0.29) is 11.5 Å². The largest absolute Gasteiger partial charge is 0.586 e. The fourth-order valence-corrected chi connectivity index (χ4v) is 4.49. The molecule has 0 spiro atoms. The molecule has 2 aromatic rings. The molecule has 1 N–H and O–H groups in total. The molecule has 5 heterocycles. The van der Waals surface area contributed by atoms with Crippen molar-refractivity contribution >= 4 is 5.82 Å². The minimum absolute atomic E-state index is 0.0424. The zero-order chi connectivity index (χ0) is 18.6. The molecule has 1 aromatic heterocycles. The number of ether oxygens (including phenoxy) is 2. The number of halogens is 2. The Labute approximate surface area is 156 Å². The normalized spacial score (nSPS) is 30.3. The smallest absolute Gasteiger partial charge is 0.395 e. The lowest BCUT2D eigenvalue weighted by Gasteiger charge is -2.50. The van der Waals surface area contributed by atoms with Crippen LogP contribution in [-0.2, 0) is 0 Å². The van der Waals surface area contributed by atoms with Gasteiger partial charge in [-0.25, -0.2) is 4.98 Å². The molecule has 3 saturated heterocycles. The Morgan fingerprint density at radius 2 is 1.81 bits per heavy atom. The minimum Gasteiger partial charge on any atom is -0.395 e. The molecule has 27 heavy (non-hydrogen) atoms. The van der Waals surface area contributed by atoms with Crippen LogP contribution in [0.15, 0.2) is 36.5 Å². The molecule has 0 amide bonds. The van der Waals surface area contributed by atoms with Crippen molar-refractivity contribution in [2.24, 2.45) is 5.92 Å². The first-order valence-electron chi connectivity index (χ1n) is 9.35. The zero-order valence-corrected chi connectivity index (χ0v) is 15.0. The third-order valence-electron chi connectivity index (χ3n) is 5.99. The molecule has 5 nitrogen and oxygen atoms in total. The summed E-state index contributed by atoms with van der Waals surface area (Å²) in [5.41, 5.74) is 1.59. The number of hydrogen-bond acceptors (Lipinski definition) is 5. The maximum absolute atomic E-state index is 13.2. The summed E-state index contributed by atoms with van der Waals surface area (Å²) in [6.07, 6.45) is 0.632. The quantitative estimate of drug-likeness (QED) is 0.882. The summed E-state index contributed by atoms with van der Waals surface area (Å²) in [7, 11) is 0. The van der Waals surface area contributed by atoms with Gasteiger partial charge in [-0.2, -0.15) is 0 Å². The SMILES string of the molecule is C[C@@H]1[C@@H](Nc2ccc(-c3ccc4c(c3)OC(F)(F)O4)cn2)C2CCN1CC2. The number of pyridine rings is 1. The molecule has 4 aliphatic rings. The van der Waals surface area contributed by atoms with Crippen LogP contribution in [0, 0.1) is 5.92 Å². The molecule has 4 aliphatic heterocycles. The van der Waals surface area contributed by atoms with Crippen LogP contribution in [0.1, 0.15) is 19.8 Å². The van der Waals surface area contributed by atoms with Gasteiger partial charge in [-0.05, 0) is 68.6 Å². The maximum Gasteiger partial charge on any atom is 0.586 e. The Balaban J connectivity index is 1.33. The number of piperidine rings is 3. The third kappa shape index (κ3) is 3.00. The first-order valence-corrected chi connectivity index (χ1v) is 9.35. The number of aromatic nitrogens is 1. The fraction of sp³-hybridized carbons (Fsp3) is 0.450. The van der Waals surface area contributed by atoms with Crippen molar-refractivity contribution in [3.63, 3.8) is 0 Å². The molecule has 6 rings (SSSR count). The summed E-state index contributed by atoms with van der Waals surface area (Å²) < 4.78 is 35.3. The number of fused-ring (bicyclic) bond motifs is 4. The molecule has 7 heteroatoms. The van der Waals surface area contributed by atoms with E-state index in [1.807, 2.05) is 12.1 Å². The number of hydrogen-bond donors (Lipinski definition) is 1. The summed E-state index contributed by atoms with van der Waals surface area (Å²) in [4.78, 5) is 7.08. The van der Waals surface area contributed by atoms with Crippen LogP contribution in [0.3, 0.4) is 0 Å². The van der Waals surface area contributed by atoms with Gasteiger partial charge in [0.25, 0.3) is 0 Å². The van der Waals surface area contributed by atoms with Crippen LogP contribution in [0.25, 0.3) is 11.1 Å². The molecule has 142 valence electrons. The van der Waals surface area contributed by atoms with Gasteiger partial charge in [-0.15, -0.1) is 8.78 Å². The van der Waals surface area contributed by atoms with Gasteiger partial charge >= 0.3 is 6.29 Å². The highest BCUT2D eigenvalue weighted by atomic mass is 19.3. The second-order valence-electron chi connectivity index (χ2n) is 7.55. The topological polar surface area (TPSA) is 46.6 Å². The molecule has 0 radical (unpaired) electrons. The molecule has 0 saturated carbocycles. The van der Waals surface area contributed by atoms with Gasteiger partial charge in [0.05, 0.1) is 0 Å². The molecule has 3 fully saturated rings. The highest BCUT2D eigenvalue weighted by Gasteiger charge is 2.43. The zero-order valence-electron chi connectivity index (χ0n) is 15.0. The number of nitrogens with one attached hydrogen (secondary N) is 1. The van der Waals surface area contributed by atoms with Crippen molar-refractivity contribution in [2.45, 2.75) is 38.1 Å². The van der Waals surface area contributed by atoms with Crippen molar-refractivity contribution in [3.8, 4) is 22.6 Å². The molecular weight excluding hydrogens is 352 g/mol. The fourth-order valence-electron chi connectivity index (χ4n) is 4.49. The van der Waals surface area contributed by atoms with Gasteiger partial charge in [0.1, 0.15) is 5.82 Å². The molecule has 1 aromatic carbocycles. The Morgan fingerprint density at radius 3 is 2.52 bits per heavy atom. The van der Waals surface area contributed by atoms with Crippen molar-refractivity contribution in [3.05, 3.63) is 36.5 Å². The highest BCUT2D eigenvalue weighted by Crippen LogP contribution is 2.43. The van der Waals surface area contributed by atoms with E-state index in [4.69, 9.17) is 0 Å². The van der Waals surface area contributed by atoms with Crippen LogP contribution in [0.5, 0.6) is 11.5 Å². The Kier molecular flexibility index (Phi) is 3.75. The second kappa shape index (κ2) is 6.05. The lowest BCUT2D eigenvalue weighted by atomic mass is 9.79. The molecule has 2 atom stereocenters. The third-order valence-corrected chi connectivity index (χ3v) is 5.99. The number of alkyl halides is 2. The first-order chi connectivity index (χ1) is 13.0. The van der Waals surface area contributed by atoms with Gasteiger partial charge in [0.2, 0.25) is 0 Å². The lowest BCUT2D eigenvalue weighted by Crippen LogP contribution is -2.59. The highest BCUT2D eigenvalue weighted by molar-refractivity contribution is 5.67.